The lowest BCUT2D eigenvalue weighted by Crippen LogP contribution is -2.60. The first-order valence-corrected chi connectivity index (χ1v) is 15.2. The molecule has 238 valence electrons. The molecule has 0 unspecified atom stereocenters. The van der Waals surface area contributed by atoms with Crippen molar-refractivity contribution in [2.24, 2.45) is 17.8 Å². The van der Waals surface area contributed by atoms with E-state index in [4.69, 9.17) is 4.74 Å². The quantitative estimate of drug-likeness (QED) is 0.457. The van der Waals surface area contributed by atoms with Crippen LogP contribution in [0.4, 0.5) is 0 Å². The highest BCUT2D eigenvalue weighted by molar-refractivity contribution is 5.96. The Labute approximate surface area is 250 Å². The first-order valence-electron chi connectivity index (χ1n) is 15.2. The molecule has 5 amide bonds. The van der Waals surface area contributed by atoms with E-state index in [1.54, 1.807) is 14.0 Å². The molecule has 0 aliphatic carbocycles. The van der Waals surface area contributed by atoms with Gasteiger partial charge in [0.05, 0.1) is 6.42 Å². The van der Waals surface area contributed by atoms with Gasteiger partial charge in [-0.25, -0.2) is 0 Å². The van der Waals surface area contributed by atoms with Crippen LogP contribution in [0.15, 0.2) is 0 Å². The number of carbonyl (C=O) groups excluding carboxylic acids is 6. The van der Waals surface area contributed by atoms with Gasteiger partial charge in [0, 0.05) is 27.2 Å². The fraction of sp³-hybridized carbons (Fsp3) is 0.800. The van der Waals surface area contributed by atoms with Crippen molar-refractivity contribution in [1.82, 2.24) is 25.3 Å². The molecule has 2 aliphatic heterocycles. The summed E-state index contributed by atoms with van der Waals surface area (Å²) in [6.45, 7) is 13.1. The molecular weight excluding hydrogens is 542 g/mol. The van der Waals surface area contributed by atoms with Crippen LogP contribution >= 0.6 is 0 Å². The number of fused-ring (bicyclic) bond motifs is 1. The minimum Gasteiger partial charge on any atom is -0.452 e. The van der Waals surface area contributed by atoms with Gasteiger partial charge in [0.2, 0.25) is 23.6 Å². The average Bonchev–Trinajstić information content (AvgIpc) is 3.42. The Kier molecular flexibility index (Phi) is 12.8. The number of cyclic esters (lactones) is 1. The number of rotatable bonds is 5. The van der Waals surface area contributed by atoms with Gasteiger partial charge >= 0.3 is 5.97 Å². The third-order valence-electron chi connectivity index (χ3n) is 8.44. The maximum absolute atomic E-state index is 13.9. The van der Waals surface area contributed by atoms with Gasteiger partial charge in [-0.1, -0.05) is 48.0 Å². The molecule has 0 aromatic carbocycles. The summed E-state index contributed by atoms with van der Waals surface area (Å²) < 4.78 is 5.59. The normalized spacial score (nSPS) is 28.6. The highest BCUT2D eigenvalue weighted by atomic mass is 16.5. The Hall–Kier alpha value is -3.18. The molecule has 0 bridgehead atoms. The average molecular weight is 594 g/mol. The number of hydrogen-bond acceptors (Lipinski definition) is 7. The zero-order valence-electron chi connectivity index (χ0n) is 26.8. The Morgan fingerprint density at radius 3 is 2.12 bits per heavy atom. The number of carbonyl (C=O) groups is 6. The summed E-state index contributed by atoms with van der Waals surface area (Å²) >= 11 is 0. The van der Waals surface area contributed by atoms with Crippen LogP contribution in [0.5, 0.6) is 0 Å². The Balaban J connectivity index is 2.54. The summed E-state index contributed by atoms with van der Waals surface area (Å²) in [4.78, 5) is 84.6. The number of likely N-dealkylation sites (N-methyl/N-ethyl adjacent to an activating group) is 2. The van der Waals surface area contributed by atoms with E-state index in [9.17, 15) is 28.8 Å². The van der Waals surface area contributed by atoms with E-state index >= 15 is 0 Å². The minimum atomic E-state index is -1.07. The first-order chi connectivity index (χ1) is 19.6. The number of esters is 1. The van der Waals surface area contributed by atoms with Crippen molar-refractivity contribution >= 4 is 35.5 Å². The minimum absolute atomic E-state index is 0.0358. The lowest BCUT2D eigenvalue weighted by Gasteiger charge is -2.38. The van der Waals surface area contributed by atoms with Crippen molar-refractivity contribution in [1.29, 1.82) is 0 Å². The molecule has 0 aromatic heterocycles. The maximum Gasteiger partial charge on any atom is 0.308 e. The largest absolute Gasteiger partial charge is 0.452 e. The van der Waals surface area contributed by atoms with Crippen molar-refractivity contribution in [3.05, 3.63) is 0 Å². The third-order valence-corrected chi connectivity index (χ3v) is 8.44. The first kappa shape index (κ1) is 35.0. The predicted octanol–water partition coefficient (Wildman–Crippen LogP) is 1.32. The molecule has 12 heteroatoms. The van der Waals surface area contributed by atoms with Crippen LogP contribution in [0.25, 0.3) is 0 Å². The molecule has 2 saturated heterocycles. The second kappa shape index (κ2) is 15.3. The van der Waals surface area contributed by atoms with Gasteiger partial charge in [-0.05, 0) is 43.9 Å². The van der Waals surface area contributed by atoms with Gasteiger partial charge < -0.3 is 30.1 Å². The van der Waals surface area contributed by atoms with E-state index in [1.165, 1.54) is 21.7 Å². The topological polar surface area (TPSA) is 145 Å². The molecule has 2 heterocycles. The summed E-state index contributed by atoms with van der Waals surface area (Å²) in [7, 11) is 3.04. The van der Waals surface area contributed by atoms with Crippen molar-refractivity contribution in [3.63, 3.8) is 0 Å². The lowest BCUT2D eigenvalue weighted by molar-refractivity contribution is -0.162. The highest BCUT2D eigenvalue weighted by Gasteiger charge is 2.42. The molecule has 2 fully saturated rings. The Morgan fingerprint density at radius 1 is 0.905 bits per heavy atom. The molecule has 0 spiro atoms. The van der Waals surface area contributed by atoms with Crippen molar-refractivity contribution in [2.45, 2.75) is 111 Å². The molecule has 0 saturated carbocycles. The van der Waals surface area contributed by atoms with Crippen molar-refractivity contribution in [3.8, 4) is 0 Å². The molecule has 0 radical (unpaired) electrons. The fourth-order valence-corrected chi connectivity index (χ4v) is 5.53. The summed E-state index contributed by atoms with van der Waals surface area (Å²) in [5, 5.41) is 5.57. The van der Waals surface area contributed by atoms with Gasteiger partial charge in [0.25, 0.3) is 5.91 Å². The van der Waals surface area contributed by atoms with Crippen LogP contribution in [-0.2, 0) is 33.5 Å². The zero-order chi connectivity index (χ0) is 31.9. The number of nitrogens with zero attached hydrogens (tertiary/aromatic N) is 3. The Morgan fingerprint density at radius 2 is 1.55 bits per heavy atom. The van der Waals surface area contributed by atoms with Gasteiger partial charge in [0.1, 0.15) is 24.2 Å². The summed E-state index contributed by atoms with van der Waals surface area (Å²) in [5.74, 6) is -3.36. The molecular formula is C30H51N5O7. The van der Waals surface area contributed by atoms with Gasteiger partial charge in [-0.3, -0.25) is 28.8 Å². The third kappa shape index (κ3) is 8.44. The maximum atomic E-state index is 13.9. The van der Waals surface area contributed by atoms with Crippen LogP contribution in [0, 0.1) is 17.8 Å². The smallest absolute Gasteiger partial charge is 0.308 e. The summed E-state index contributed by atoms with van der Waals surface area (Å²) in [5.41, 5.74) is 0. The standard InChI is InChI=1S/C30H51N5O7/c1-10-19(6)24-29(40)34(9)25(18(4)5)30(41)33(8)20(7)26(37)31-14-13-23(36)42-22(16-17(2)3)28(39)35-15-11-12-21(35)27(38)32-24/h17-22,24-25H,10-16H2,1-9H3,(H,31,37)(H,32,38)/t19-,20-,21+,22+,24-,25-/m0/s1. The Bertz CT molecular complexity index is 1020. The second-order valence-corrected chi connectivity index (χ2v) is 12.5. The summed E-state index contributed by atoms with van der Waals surface area (Å²) in [6, 6.07) is -3.52. The molecule has 42 heavy (non-hydrogen) atoms. The molecule has 2 aliphatic rings. The van der Waals surface area contributed by atoms with Gasteiger partial charge in [0.15, 0.2) is 6.10 Å². The monoisotopic (exact) mass is 593 g/mol. The number of nitrogens with one attached hydrogen (secondary N) is 2. The second-order valence-electron chi connectivity index (χ2n) is 12.5. The number of amides is 5. The van der Waals surface area contributed by atoms with Crippen molar-refractivity contribution < 1.29 is 33.5 Å². The fourth-order valence-electron chi connectivity index (χ4n) is 5.53. The molecule has 2 N–H and O–H groups in total. The van der Waals surface area contributed by atoms with E-state index in [2.05, 4.69) is 10.6 Å². The highest BCUT2D eigenvalue weighted by Crippen LogP contribution is 2.24. The molecule has 2 rings (SSSR count). The number of ether oxygens (including phenoxy) is 1. The molecule has 6 atom stereocenters. The predicted molar refractivity (Wildman–Crippen MR) is 157 cm³/mol. The van der Waals surface area contributed by atoms with Crippen molar-refractivity contribution in [2.75, 3.05) is 27.2 Å². The molecule has 12 nitrogen and oxygen atoms in total. The van der Waals surface area contributed by atoms with E-state index in [1.807, 2.05) is 41.5 Å². The van der Waals surface area contributed by atoms with Crippen LogP contribution in [0.2, 0.25) is 0 Å². The van der Waals surface area contributed by atoms with Gasteiger partial charge in [-0.15, -0.1) is 0 Å². The van der Waals surface area contributed by atoms with Crippen LogP contribution in [0.1, 0.15) is 80.6 Å². The van der Waals surface area contributed by atoms with E-state index in [-0.39, 0.29) is 37.1 Å². The van der Waals surface area contributed by atoms with E-state index in [0.717, 1.165) is 0 Å². The SMILES string of the molecule is CC[C@H](C)[C@@H]1NC(=O)[C@H]2CCCN2C(=O)[C@@H](CC(C)C)OC(=O)CCNC(=O)[C@H](C)N(C)C(=O)[C@H](C(C)C)N(C)C1=O. The van der Waals surface area contributed by atoms with Gasteiger partial charge in [-0.2, -0.15) is 0 Å². The summed E-state index contributed by atoms with van der Waals surface area (Å²) in [6.07, 6.45) is 0.636. The lowest BCUT2D eigenvalue weighted by atomic mass is 9.94. The zero-order valence-corrected chi connectivity index (χ0v) is 26.8. The van der Waals surface area contributed by atoms with E-state index < -0.39 is 65.8 Å². The van der Waals surface area contributed by atoms with Crippen LogP contribution in [-0.4, -0.2) is 108 Å². The van der Waals surface area contributed by atoms with Crippen LogP contribution in [0.3, 0.4) is 0 Å². The molecule has 0 aromatic rings. The van der Waals surface area contributed by atoms with E-state index in [0.29, 0.717) is 25.8 Å². The van der Waals surface area contributed by atoms with Crippen LogP contribution < -0.4 is 10.6 Å². The number of hydrogen-bond donors (Lipinski definition) is 2.